The fraction of sp³-hybridized carbons (Fsp3) is 0. The van der Waals surface area contributed by atoms with E-state index in [0.717, 1.165) is 54.9 Å². The number of benzene rings is 8. The fourth-order valence-corrected chi connectivity index (χ4v) is 7.28. The molecule has 9 aromatic rings. The van der Waals surface area contributed by atoms with E-state index in [1.807, 2.05) is 72.8 Å². The largest absolute Gasteiger partial charge is 0.208 e. The van der Waals surface area contributed by atoms with Crippen LogP contribution in [0.2, 0.25) is 0 Å². The van der Waals surface area contributed by atoms with E-state index in [1.165, 1.54) is 11.1 Å². The lowest BCUT2D eigenvalue weighted by Gasteiger charge is -2.23. The summed E-state index contributed by atoms with van der Waals surface area (Å²) in [7, 11) is 31.7. The predicted octanol–water partition coefficient (Wildman–Crippen LogP) is 6.15. The van der Waals surface area contributed by atoms with Crippen molar-refractivity contribution in [1.82, 2.24) is 15.0 Å². The number of nitrogens with zero attached hydrogens (tertiary/aromatic N) is 3. The molecule has 0 amide bonds. The Morgan fingerprint density at radius 2 is 0.727 bits per heavy atom. The zero-order chi connectivity index (χ0) is 37.6. The number of hydrogen-bond acceptors (Lipinski definition) is 3. The highest BCUT2D eigenvalue weighted by atomic mass is 15.0. The summed E-state index contributed by atoms with van der Waals surface area (Å²) < 4.78 is 0. The lowest BCUT2D eigenvalue weighted by atomic mass is 9.59. The maximum Gasteiger partial charge on any atom is 0.164 e. The molecule has 244 valence electrons. The molecule has 8 heteroatoms. The molecule has 0 spiro atoms. The summed E-state index contributed by atoms with van der Waals surface area (Å²) >= 11 is 0. The van der Waals surface area contributed by atoms with Gasteiger partial charge < -0.3 is 0 Å². The minimum absolute atomic E-state index is 0.187. The third-order valence-electron chi connectivity index (χ3n) is 10.2. The molecule has 55 heavy (non-hydrogen) atoms. The molecule has 0 atom stereocenters. The van der Waals surface area contributed by atoms with Gasteiger partial charge in [0.2, 0.25) is 0 Å². The lowest BCUT2D eigenvalue weighted by molar-refractivity contribution is 1.07. The molecule has 0 saturated carbocycles. The highest BCUT2D eigenvalue weighted by molar-refractivity contribution is 6.68. The Kier molecular flexibility index (Phi) is 8.83. The zero-order valence-corrected chi connectivity index (χ0v) is 29.7. The summed E-state index contributed by atoms with van der Waals surface area (Å²) in [5.74, 6) is 1.76. The molecule has 0 unspecified atom stereocenters. The predicted molar refractivity (Wildman–Crippen MR) is 234 cm³/mol. The third kappa shape index (κ3) is 6.28. The Morgan fingerprint density at radius 3 is 1.36 bits per heavy atom. The van der Waals surface area contributed by atoms with Crippen molar-refractivity contribution in [2.24, 2.45) is 0 Å². The number of aromatic nitrogens is 3. The van der Waals surface area contributed by atoms with Crippen LogP contribution >= 0.6 is 0 Å². The summed E-state index contributed by atoms with van der Waals surface area (Å²) in [6.45, 7) is 0. The van der Waals surface area contributed by atoms with Gasteiger partial charge in [0.1, 0.15) is 39.2 Å². The van der Waals surface area contributed by atoms with E-state index in [9.17, 15) is 0 Å². The minimum atomic E-state index is 0.187. The second-order valence-corrected chi connectivity index (χ2v) is 13.5. The monoisotopic (exact) mass is 687 g/mol. The van der Waals surface area contributed by atoms with Crippen molar-refractivity contribution in [1.29, 1.82) is 0 Å². The number of hydrogen-bond donors (Lipinski definition) is 0. The van der Waals surface area contributed by atoms with Gasteiger partial charge in [0.05, 0.1) is 0 Å². The Balaban J connectivity index is 1.16. The van der Waals surface area contributed by atoms with Crippen LogP contribution in [-0.2, 0) is 0 Å². The van der Waals surface area contributed by atoms with Gasteiger partial charge in [-0.1, -0.05) is 150 Å². The molecule has 0 aliphatic carbocycles. The van der Waals surface area contributed by atoms with E-state index in [1.54, 1.807) is 0 Å². The average molecular weight is 687 g/mol. The van der Waals surface area contributed by atoms with Gasteiger partial charge in [-0.05, 0) is 73.1 Å². The van der Waals surface area contributed by atoms with Crippen LogP contribution in [0.3, 0.4) is 0 Å². The van der Waals surface area contributed by atoms with Gasteiger partial charge in [0, 0.05) is 16.7 Å². The lowest BCUT2D eigenvalue weighted by Crippen LogP contribution is -2.55. The van der Waals surface area contributed by atoms with Crippen molar-refractivity contribution >= 4 is 88.1 Å². The van der Waals surface area contributed by atoms with E-state index < -0.39 is 0 Å². The van der Waals surface area contributed by atoms with Gasteiger partial charge >= 0.3 is 0 Å². The molecule has 0 fully saturated rings. The SMILES string of the molecule is [B]c1c([B])c([B])c(-c2ccc(-c3cccc(-c4nc(-c5ccccc5)nc(-c5ccc6cc(-c7ccccc7)ccc6c5)n4)c3)c3ccccc23)c([B])c1[B]. The Labute approximate surface area is 327 Å². The van der Waals surface area contributed by atoms with Crippen LogP contribution in [0.25, 0.3) is 89.1 Å². The van der Waals surface area contributed by atoms with Crippen LogP contribution in [0.5, 0.6) is 0 Å². The molecule has 0 N–H and O–H groups in total. The number of fused-ring (bicyclic) bond motifs is 2. The molecule has 10 radical (unpaired) electrons. The van der Waals surface area contributed by atoms with Crippen molar-refractivity contribution < 1.29 is 0 Å². The zero-order valence-electron chi connectivity index (χ0n) is 29.7. The molecule has 1 aromatic heterocycles. The van der Waals surface area contributed by atoms with Crippen LogP contribution in [-0.4, -0.2) is 54.2 Å². The average Bonchev–Trinajstić information content (AvgIpc) is 3.25. The van der Waals surface area contributed by atoms with Crippen molar-refractivity contribution in [2.45, 2.75) is 0 Å². The van der Waals surface area contributed by atoms with E-state index in [4.69, 9.17) is 54.2 Å². The summed E-state index contributed by atoms with van der Waals surface area (Å²) in [4.78, 5) is 15.1. The highest BCUT2D eigenvalue weighted by Crippen LogP contribution is 2.36. The molecular formula is C47H26B5N3. The highest BCUT2D eigenvalue weighted by Gasteiger charge is 2.18. The molecule has 9 rings (SSSR count). The first-order chi connectivity index (χ1) is 26.8. The Hall–Kier alpha value is -6.39. The van der Waals surface area contributed by atoms with E-state index in [2.05, 4.69) is 84.9 Å². The van der Waals surface area contributed by atoms with Gasteiger partial charge in [-0.3, -0.25) is 0 Å². The molecule has 0 aliphatic rings. The Morgan fingerprint density at radius 1 is 0.291 bits per heavy atom. The second kappa shape index (κ2) is 14.1. The summed E-state index contributed by atoms with van der Waals surface area (Å²) in [5.41, 5.74) is 9.61. The second-order valence-electron chi connectivity index (χ2n) is 13.5. The van der Waals surface area contributed by atoms with E-state index in [-0.39, 0.29) is 16.4 Å². The molecule has 0 aliphatic heterocycles. The van der Waals surface area contributed by atoms with Crippen LogP contribution < -0.4 is 27.3 Å². The Bertz CT molecular complexity index is 2900. The van der Waals surface area contributed by atoms with Crippen LogP contribution in [0.15, 0.2) is 158 Å². The molecule has 8 aromatic carbocycles. The van der Waals surface area contributed by atoms with Gasteiger partial charge in [-0.2, -0.15) is 0 Å². The molecular weight excluding hydrogens is 661 g/mol. The van der Waals surface area contributed by atoms with Crippen molar-refractivity contribution in [3.8, 4) is 67.5 Å². The topological polar surface area (TPSA) is 38.7 Å². The van der Waals surface area contributed by atoms with Crippen LogP contribution in [0.1, 0.15) is 0 Å². The van der Waals surface area contributed by atoms with Gasteiger partial charge in [-0.15, -0.1) is 16.4 Å². The molecule has 1 heterocycles. The van der Waals surface area contributed by atoms with Gasteiger partial charge in [0.15, 0.2) is 17.5 Å². The van der Waals surface area contributed by atoms with Crippen LogP contribution in [0.4, 0.5) is 0 Å². The third-order valence-corrected chi connectivity index (χ3v) is 10.2. The van der Waals surface area contributed by atoms with Gasteiger partial charge in [-0.25, -0.2) is 15.0 Å². The fourth-order valence-electron chi connectivity index (χ4n) is 7.28. The van der Waals surface area contributed by atoms with Crippen molar-refractivity contribution in [2.75, 3.05) is 0 Å². The van der Waals surface area contributed by atoms with E-state index >= 15 is 0 Å². The summed E-state index contributed by atoms with van der Waals surface area (Å²) in [5, 5.41) is 4.18. The molecule has 0 bridgehead atoms. The normalized spacial score (nSPS) is 11.3. The minimum Gasteiger partial charge on any atom is -0.208 e. The van der Waals surface area contributed by atoms with Gasteiger partial charge in [0.25, 0.3) is 0 Å². The first-order valence-corrected chi connectivity index (χ1v) is 17.9. The van der Waals surface area contributed by atoms with Crippen molar-refractivity contribution in [3.05, 3.63) is 158 Å². The smallest absolute Gasteiger partial charge is 0.164 e. The number of rotatable bonds is 6. The van der Waals surface area contributed by atoms with Crippen molar-refractivity contribution in [3.63, 3.8) is 0 Å². The first-order valence-electron chi connectivity index (χ1n) is 17.9. The standard InChI is InChI=1S/C47H26B5N3/c48-40-39(41(49)43(51)44(52)42(40)50)38-23-22-35(36-16-7-8-17-37(36)38)32-14-9-15-33(26-32)46-53-45(28-12-5-2-6-13-28)54-47(55-46)34-21-20-30-24-29(18-19-31(30)25-34)27-10-3-1-4-11-27/h1-26H. The summed E-state index contributed by atoms with van der Waals surface area (Å²) in [6.07, 6.45) is 0. The molecule has 0 saturated heterocycles. The maximum absolute atomic E-state index is 6.51. The molecule has 3 nitrogen and oxygen atoms in total. The quantitative estimate of drug-likeness (QED) is 0.197. The summed E-state index contributed by atoms with van der Waals surface area (Å²) in [6, 6.07) is 53.7. The van der Waals surface area contributed by atoms with E-state index in [0.29, 0.717) is 34.0 Å². The van der Waals surface area contributed by atoms with Crippen LogP contribution in [0, 0.1) is 0 Å². The maximum atomic E-state index is 6.51. The first kappa shape index (κ1) is 34.4.